The Labute approximate surface area is 160 Å². The molecule has 8 nitrogen and oxygen atoms in total. The van der Waals surface area contributed by atoms with E-state index >= 15 is 0 Å². The van der Waals surface area contributed by atoms with E-state index in [0.717, 1.165) is 21.6 Å². The Morgan fingerprint density at radius 3 is 2.52 bits per heavy atom. The van der Waals surface area contributed by atoms with Crippen LogP contribution in [0.2, 0.25) is 0 Å². The first-order valence-corrected chi connectivity index (χ1v) is 9.42. The summed E-state index contributed by atoms with van der Waals surface area (Å²) in [6, 6.07) is 5.67. The number of methoxy groups -OCH3 is 1. The number of nitrogens with zero attached hydrogens (tertiary/aromatic N) is 4. The molecule has 0 fully saturated rings. The Hall–Kier alpha value is -2.68. The summed E-state index contributed by atoms with van der Waals surface area (Å²) in [5.41, 5.74) is 0.988. The molecule has 0 unspecified atom stereocenters. The second kappa shape index (κ2) is 7.51. The highest BCUT2D eigenvalue weighted by Gasteiger charge is 2.18. The Morgan fingerprint density at radius 1 is 1.11 bits per heavy atom. The molecule has 0 atom stereocenters. The van der Waals surface area contributed by atoms with E-state index in [9.17, 15) is 9.59 Å². The summed E-state index contributed by atoms with van der Waals surface area (Å²) in [7, 11) is 6.48. The molecule has 3 rings (SSSR count). The number of aryl methyl sites for hydroxylation is 2. The van der Waals surface area contributed by atoms with Gasteiger partial charge < -0.3 is 14.0 Å². The molecule has 0 radical (unpaired) electrons. The number of benzene rings is 1. The molecule has 0 amide bonds. The van der Waals surface area contributed by atoms with Crippen LogP contribution in [0, 0.1) is 0 Å². The van der Waals surface area contributed by atoms with Gasteiger partial charge in [-0.1, -0.05) is 11.8 Å². The predicted octanol–water partition coefficient (Wildman–Crippen LogP) is 1.67. The molecule has 9 heteroatoms. The largest absolute Gasteiger partial charge is 0.496 e. The Kier molecular flexibility index (Phi) is 5.31. The number of hydrogen-bond acceptors (Lipinski definition) is 6. The molecule has 2 heterocycles. The smallest absolute Gasteiger partial charge is 0.332 e. The van der Waals surface area contributed by atoms with Crippen LogP contribution >= 0.6 is 11.8 Å². The van der Waals surface area contributed by atoms with Crippen molar-refractivity contribution in [1.29, 1.82) is 0 Å². The van der Waals surface area contributed by atoms with Gasteiger partial charge in [-0.05, 0) is 25.1 Å². The van der Waals surface area contributed by atoms with E-state index in [2.05, 4.69) is 4.98 Å². The molecule has 0 bridgehead atoms. The summed E-state index contributed by atoms with van der Waals surface area (Å²) in [6.45, 7) is 2.52. The maximum Gasteiger partial charge on any atom is 0.332 e. The van der Waals surface area contributed by atoms with Crippen LogP contribution in [0.25, 0.3) is 11.2 Å². The standard InChI is InChI=1S/C18H22N4O4S/c1-6-26-12-7-8-13(25-5)11(9-12)10-27-17-19-15-14(20(17)2)16(23)22(4)18(24)21(15)3/h7-9H,6,10H2,1-5H3. The average Bonchev–Trinajstić information content (AvgIpc) is 3.00. The molecule has 0 spiro atoms. The zero-order valence-corrected chi connectivity index (χ0v) is 16.8. The van der Waals surface area contributed by atoms with Crippen molar-refractivity contribution in [1.82, 2.24) is 18.7 Å². The van der Waals surface area contributed by atoms with Crippen LogP contribution in [0.4, 0.5) is 0 Å². The van der Waals surface area contributed by atoms with E-state index in [0.29, 0.717) is 28.7 Å². The van der Waals surface area contributed by atoms with E-state index in [-0.39, 0.29) is 5.56 Å². The quantitative estimate of drug-likeness (QED) is 0.596. The fraction of sp³-hybridized carbons (Fsp3) is 0.389. The average molecular weight is 390 g/mol. The van der Waals surface area contributed by atoms with Crippen molar-refractivity contribution in [2.45, 2.75) is 17.8 Å². The Balaban J connectivity index is 1.99. The number of thioether (sulfide) groups is 1. The highest BCUT2D eigenvalue weighted by atomic mass is 32.2. The van der Waals surface area contributed by atoms with Crippen LogP contribution in [0.3, 0.4) is 0 Å². The van der Waals surface area contributed by atoms with Gasteiger partial charge in [-0.2, -0.15) is 0 Å². The molecule has 1 aromatic carbocycles. The molecule has 0 aliphatic rings. The van der Waals surface area contributed by atoms with Crippen LogP contribution < -0.4 is 20.7 Å². The van der Waals surface area contributed by atoms with E-state index in [1.54, 1.807) is 25.8 Å². The van der Waals surface area contributed by atoms with Gasteiger partial charge in [0.2, 0.25) is 0 Å². The van der Waals surface area contributed by atoms with Crippen LogP contribution in [0.1, 0.15) is 12.5 Å². The van der Waals surface area contributed by atoms with Gasteiger partial charge in [-0.3, -0.25) is 13.9 Å². The lowest BCUT2D eigenvalue weighted by molar-refractivity contribution is 0.338. The summed E-state index contributed by atoms with van der Waals surface area (Å²) in [6.07, 6.45) is 0. The van der Waals surface area contributed by atoms with Crippen LogP contribution in [0.5, 0.6) is 11.5 Å². The van der Waals surface area contributed by atoms with Crippen molar-refractivity contribution in [2.24, 2.45) is 21.1 Å². The van der Waals surface area contributed by atoms with Gasteiger partial charge in [0.05, 0.1) is 13.7 Å². The molecule has 27 heavy (non-hydrogen) atoms. The van der Waals surface area contributed by atoms with Gasteiger partial charge >= 0.3 is 5.69 Å². The summed E-state index contributed by atoms with van der Waals surface area (Å²) < 4.78 is 15.2. The Bertz CT molecular complexity index is 1110. The van der Waals surface area contributed by atoms with Gasteiger partial charge in [0, 0.05) is 32.5 Å². The van der Waals surface area contributed by atoms with Crippen molar-refractivity contribution in [2.75, 3.05) is 13.7 Å². The minimum absolute atomic E-state index is 0.356. The van der Waals surface area contributed by atoms with Gasteiger partial charge in [-0.15, -0.1) is 0 Å². The van der Waals surface area contributed by atoms with Crippen molar-refractivity contribution in [3.63, 3.8) is 0 Å². The number of imidazole rings is 1. The fourth-order valence-electron chi connectivity index (χ4n) is 2.89. The molecule has 0 aliphatic heterocycles. The highest BCUT2D eigenvalue weighted by molar-refractivity contribution is 7.98. The molecule has 0 N–H and O–H groups in total. The minimum Gasteiger partial charge on any atom is -0.496 e. The molecular weight excluding hydrogens is 368 g/mol. The van der Waals surface area contributed by atoms with Crippen molar-refractivity contribution >= 4 is 22.9 Å². The Morgan fingerprint density at radius 2 is 1.85 bits per heavy atom. The first kappa shape index (κ1) is 19.1. The topological polar surface area (TPSA) is 80.3 Å². The van der Waals surface area contributed by atoms with Gasteiger partial charge in [0.15, 0.2) is 16.3 Å². The van der Waals surface area contributed by atoms with E-state index in [1.807, 2.05) is 25.1 Å². The minimum atomic E-state index is -0.395. The molecule has 0 aliphatic carbocycles. The van der Waals surface area contributed by atoms with Gasteiger partial charge in [0.25, 0.3) is 5.56 Å². The van der Waals surface area contributed by atoms with E-state index < -0.39 is 5.69 Å². The molecule has 0 saturated carbocycles. The zero-order chi connectivity index (χ0) is 19.7. The number of ether oxygens (including phenoxy) is 2. The van der Waals surface area contributed by atoms with Crippen molar-refractivity contribution in [3.8, 4) is 11.5 Å². The highest BCUT2D eigenvalue weighted by Crippen LogP contribution is 2.31. The van der Waals surface area contributed by atoms with Crippen LogP contribution in [0.15, 0.2) is 32.9 Å². The van der Waals surface area contributed by atoms with Gasteiger partial charge in [-0.25, -0.2) is 9.78 Å². The predicted molar refractivity (Wildman–Crippen MR) is 105 cm³/mol. The van der Waals surface area contributed by atoms with Crippen LogP contribution in [-0.4, -0.2) is 32.4 Å². The van der Waals surface area contributed by atoms with Crippen LogP contribution in [-0.2, 0) is 26.9 Å². The van der Waals surface area contributed by atoms with Crippen molar-refractivity contribution < 1.29 is 9.47 Å². The monoisotopic (exact) mass is 390 g/mol. The SMILES string of the molecule is CCOc1ccc(OC)c(CSc2nc3c(c(=O)n(C)c(=O)n3C)n2C)c1. The number of fused-ring (bicyclic) bond motifs is 1. The number of rotatable bonds is 6. The first-order chi connectivity index (χ1) is 12.9. The zero-order valence-electron chi connectivity index (χ0n) is 16.0. The first-order valence-electron chi connectivity index (χ1n) is 8.44. The number of hydrogen-bond donors (Lipinski definition) is 0. The molecule has 3 aromatic rings. The van der Waals surface area contributed by atoms with E-state index in [4.69, 9.17) is 9.47 Å². The second-order valence-electron chi connectivity index (χ2n) is 6.03. The third-order valence-electron chi connectivity index (χ3n) is 4.35. The molecule has 0 saturated heterocycles. The molecule has 2 aromatic heterocycles. The molecular formula is C18H22N4O4S. The summed E-state index contributed by atoms with van der Waals surface area (Å²) >= 11 is 1.46. The lowest BCUT2D eigenvalue weighted by Crippen LogP contribution is -2.37. The third kappa shape index (κ3) is 3.34. The summed E-state index contributed by atoms with van der Waals surface area (Å²) in [5.74, 6) is 2.11. The maximum absolute atomic E-state index is 12.5. The third-order valence-corrected chi connectivity index (χ3v) is 5.43. The van der Waals surface area contributed by atoms with Gasteiger partial charge in [0.1, 0.15) is 11.5 Å². The van der Waals surface area contributed by atoms with E-state index in [1.165, 1.54) is 23.4 Å². The number of aromatic nitrogens is 4. The van der Waals surface area contributed by atoms with Crippen molar-refractivity contribution in [3.05, 3.63) is 44.6 Å². The fourth-order valence-corrected chi connectivity index (χ4v) is 3.84. The maximum atomic E-state index is 12.5. The second-order valence-corrected chi connectivity index (χ2v) is 6.97. The normalized spacial score (nSPS) is 11.1. The lowest BCUT2D eigenvalue weighted by atomic mass is 10.2. The molecule has 144 valence electrons. The summed E-state index contributed by atoms with van der Waals surface area (Å²) in [5, 5.41) is 0.646. The lowest BCUT2D eigenvalue weighted by Gasteiger charge is -2.11. The summed E-state index contributed by atoms with van der Waals surface area (Å²) in [4.78, 5) is 29.1.